The number of halogens is 3. The van der Waals surface area contributed by atoms with E-state index in [9.17, 15) is 18.0 Å². The van der Waals surface area contributed by atoms with E-state index >= 15 is 0 Å². The lowest BCUT2D eigenvalue weighted by Crippen LogP contribution is -2.45. The molecule has 0 bridgehead atoms. The van der Waals surface area contributed by atoms with E-state index in [-0.39, 0.29) is 12.6 Å². The van der Waals surface area contributed by atoms with E-state index in [4.69, 9.17) is 4.74 Å². The largest absolute Gasteiger partial charge is 0.406 e. The van der Waals surface area contributed by atoms with E-state index < -0.39 is 18.6 Å². The lowest BCUT2D eigenvalue weighted by Gasteiger charge is -2.31. The summed E-state index contributed by atoms with van der Waals surface area (Å²) in [5.41, 5.74) is 0. The summed E-state index contributed by atoms with van der Waals surface area (Å²) >= 11 is 0. The Hall–Kier alpha value is -0.820. The Morgan fingerprint density at radius 3 is 2.39 bits per heavy atom. The van der Waals surface area contributed by atoms with Crippen LogP contribution < -0.4 is 0 Å². The second-order valence-electron chi connectivity index (χ2n) is 4.58. The number of amides is 1. The van der Waals surface area contributed by atoms with Gasteiger partial charge in [-0.25, -0.2) is 0 Å². The summed E-state index contributed by atoms with van der Waals surface area (Å²) in [5, 5.41) is 0. The number of hydrogen-bond acceptors (Lipinski definition) is 3. The fourth-order valence-electron chi connectivity index (χ4n) is 1.97. The Labute approximate surface area is 105 Å². The molecular weight excluding hydrogens is 249 g/mol. The molecule has 1 aliphatic heterocycles. The molecule has 106 valence electrons. The minimum absolute atomic E-state index is 0.0447. The number of piperidine rings is 1. The molecule has 7 heteroatoms. The average molecular weight is 268 g/mol. The molecule has 0 aromatic rings. The molecule has 4 nitrogen and oxygen atoms in total. The van der Waals surface area contributed by atoms with Gasteiger partial charge in [0.2, 0.25) is 5.91 Å². The fourth-order valence-corrected chi connectivity index (χ4v) is 1.97. The van der Waals surface area contributed by atoms with Gasteiger partial charge in [0.25, 0.3) is 0 Å². The van der Waals surface area contributed by atoms with E-state index in [0.717, 1.165) is 17.7 Å². The van der Waals surface area contributed by atoms with Gasteiger partial charge in [-0.15, -0.1) is 0 Å². The Morgan fingerprint density at radius 2 is 1.94 bits per heavy atom. The molecule has 0 aliphatic carbocycles. The molecular formula is C11H19F3N2O2. The van der Waals surface area contributed by atoms with Gasteiger partial charge < -0.3 is 9.64 Å². The third-order valence-corrected chi connectivity index (χ3v) is 3.07. The predicted molar refractivity (Wildman–Crippen MR) is 60.2 cm³/mol. The Kier molecular flexibility index (Phi) is 5.40. The summed E-state index contributed by atoms with van der Waals surface area (Å²) in [4.78, 5) is 14.2. The van der Waals surface area contributed by atoms with Gasteiger partial charge in [0.05, 0.1) is 12.6 Å². The summed E-state index contributed by atoms with van der Waals surface area (Å²) < 4.78 is 41.5. The number of likely N-dealkylation sites (tertiary alicyclic amines) is 1. The monoisotopic (exact) mass is 268 g/mol. The van der Waals surface area contributed by atoms with Crippen molar-refractivity contribution in [2.24, 2.45) is 0 Å². The Morgan fingerprint density at radius 1 is 1.39 bits per heavy atom. The lowest BCUT2D eigenvalue weighted by atomic mass is 10.1. The van der Waals surface area contributed by atoms with Crippen molar-refractivity contribution < 1.29 is 22.7 Å². The molecule has 1 aliphatic rings. The van der Waals surface area contributed by atoms with E-state index in [1.807, 2.05) is 4.90 Å². The maximum Gasteiger partial charge on any atom is 0.406 e. The van der Waals surface area contributed by atoms with Crippen LogP contribution in [0.1, 0.15) is 12.8 Å². The molecule has 18 heavy (non-hydrogen) atoms. The molecule has 0 radical (unpaired) electrons. The number of methoxy groups -OCH3 is 1. The summed E-state index contributed by atoms with van der Waals surface area (Å²) in [6.07, 6.45) is -2.52. The van der Waals surface area contributed by atoms with Crippen molar-refractivity contribution in [3.8, 4) is 0 Å². The van der Waals surface area contributed by atoms with Gasteiger partial charge in [-0.05, 0) is 12.8 Å². The molecule has 0 atom stereocenters. The first-order valence-electron chi connectivity index (χ1n) is 5.87. The van der Waals surface area contributed by atoms with Crippen molar-refractivity contribution in [2.75, 3.05) is 40.3 Å². The molecule has 1 fully saturated rings. The number of alkyl halides is 3. The van der Waals surface area contributed by atoms with Crippen LogP contribution in [0.15, 0.2) is 0 Å². The molecule has 0 saturated carbocycles. The highest BCUT2D eigenvalue weighted by atomic mass is 19.4. The van der Waals surface area contributed by atoms with Gasteiger partial charge in [-0.3, -0.25) is 9.69 Å². The second kappa shape index (κ2) is 6.38. The molecule has 0 aromatic carbocycles. The van der Waals surface area contributed by atoms with Crippen LogP contribution in [0.2, 0.25) is 0 Å². The fraction of sp³-hybridized carbons (Fsp3) is 0.909. The minimum Gasteiger partial charge on any atom is -0.381 e. The molecule has 1 rings (SSSR count). The van der Waals surface area contributed by atoms with Crippen LogP contribution in [-0.2, 0) is 9.53 Å². The highest BCUT2D eigenvalue weighted by Gasteiger charge is 2.31. The van der Waals surface area contributed by atoms with E-state index in [0.29, 0.717) is 13.1 Å². The number of carbonyl (C=O) groups excluding carboxylic acids is 1. The Bertz CT molecular complexity index is 276. The normalized spacial score (nSPS) is 18.9. The highest BCUT2D eigenvalue weighted by Crippen LogP contribution is 2.16. The Balaban J connectivity index is 2.32. The number of likely N-dealkylation sites (N-methyl/N-ethyl adjacent to an activating group) is 1. The summed E-state index contributed by atoms with van der Waals surface area (Å²) in [6.45, 7) is 0.220. The molecule has 0 unspecified atom stereocenters. The van der Waals surface area contributed by atoms with Crippen molar-refractivity contribution in [3.63, 3.8) is 0 Å². The van der Waals surface area contributed by atoms with Gasteiger partial charge in [-0.2, -0.15) is 13.2 Å². The standard InChI is InChI=1S/C11H19F3N2O2/c1-15(8-11(12,13)14)10(17)7-16-5-3-9(18-2)4-6-16/h9H,3-8H2,1-2H3. The van der Waals surface area contributed by atoms with Crippen molar-refractivity contribution in [2.45, 2.75) is 25.1 Å². The van der Waals surface area contributed by atoms with Crippen LogP contribution in [0.3, 0.4) is 0 Å². The lowest BCUT2D eigenvalue weighted by molar-refractivity contribution is -0.159. The first kappa shape index (κ1) is 15.2. The number of nitrogens with zero attached hydrogens (tertiary/aromatic N) is 2. The van der Waals surface area contributed by atoms with E-state index in [2.05, 4.69) is 0 Å². The maximum atomic E-state index is 12.1. The SMILES string of the molecule is COC1CCN(CC(=O)N(C)CC(F)(F)F)CC1. The average Bonchev–Trinajstić information content (AvgIpc) is 2.27. The van der Waals surface area contributed by atoms with Gasteiger partial charge >= 0.3 is 6.18 Å². The topological polar surface area (TPSA) is 32.8 Å². The molecule has 1 saturated heterocycles. The quantitative estimate of drug-likeness (QED) is 0.766. The highest BCUT2D eigenvalue weighted by molar-refractivity contribution is 5.78. The van der Waals surface area contributed by atoms with Crippen molar-refractivity contribution in [1.29, 1.82) is 0 Å². The van der Waals surface area contributed by atoms with Crippen LogP contribution in [0, 0.1) is 0 Å². The molecule has 0 N–H and O–H groups in total. The third-order valence-electron chi connectivity index (χ3n) is 3.07. The zero-order chi connectivity index (χ0) is 13.8. The van der Waals surface area contributed by atoms with Crippen LogP contribution in [0.5, 0.6) is 0 Å². The van der Waals surface area contributed by atoms with Crippen LogP contribution >= 0.6 is 0 Å². The summed E-state index contributed by atoms with van der Waals surface area (Å²) in [5.74, 6) is -0.497. The van der Waals surface area contributed by atoms with Gasteiger partial charge in [0, 0.05) is 27.2 Å². The van der Waals surface area contributed by atoms with Gasteiger partial charge in [-0.1, -0.05) is 0 Å². The van der Waals surface area contributed by atoms with Gasteiger partial charge in [0.15, 0.2) is 0 Å². The first-order valence-corrected chi connectivity index (χ1v) is 5.87. The second-order valence-corrected chi connectivity index (χ2v) is 4.58. The van der Waals surface area contributed by atoms with E-state index in [1.54, 1.807) is 7.11 Å². The van der Waals surface area contributed by atoms with Crippen molar-refractivity contribution >= 4 is 5.91 Å². The van der Waals surface area contributed by atoms with E-state index in [1.165, 1.54) is 7.05 Å². The molecule has 1 heterocycles. The van der Waals surface area contributed by atoms with Gasteiger partial charge in [0.1, 0.15) is 6.54 Å². The molecule has 1 amide bonds. The first-order chi connectivity index (χ1) is 8.31. The zero-order valence-corrected chi connectivity index (χ0v) is 10.7. The van der Waals surface area contributed by atoms with Crippen LogP contribution in [-0.4, -0.2) is 68.3 Å². The molecule has 0 aromatic heterocycles. The number of ether oxygens (including phenoxy) is 1. The van der Waals surface area contributed by atoms with Crippen molar-refractivity contribution in [1.82, 2.24) is 9.80 Å². The van der Waals surface area contributed by atoms with Crippen LogP contribution in [0.25, 0.3) is 0 Å². The summed E-state index contributed by atoms with van der Waals surface area (Å²) in [7, 11) is 2.82. The van der Waals surface area contributed by atoms with Crippen molar-refractivity contribution in [3.05, 3.63) is 0 Å². The number of rotatable bonds is 4. The summed E-state index contributed by atoms with van der Waals surface area (Å²) in [6, 6.07) is 0. The molecule has 0 spiro atoms. The van der Waals surface area contributed by atoms with Crippen LogP contribution in [0.4, 0.5) is 13.2 Å². The smallest absolute Gasteiger partial charge is 0.381 e. The predicted octanol–water partition coefficient (Wildman–Crippen LogP) is 1.12. The minimum atomic E-state index is -4.34. The number of carbonyl (C=O) groups is 1. The third kappa shape index (κ3) is 5.22. The zero-order valence-electron chi connectivity index (χ0n) is 10.7. The number of hydrogen-bond donors (Lipinski definition) is 0. The maximum absolute atomic E-state index is 12.1.